The Morgan fingerprint density at radius 1 is 1.54 bits per heavy atom. The van der Waals surface area contributed by atoms with Gasteiger partial charge in [-0.2, -0.15) is 0 Å². The summed E-state index contributed by atoms with van der Waals surface area (Å²) in [6.45, 7) is 3.43. The Morgan fingerprint density at radius 2 is 2.15 bits per heavy atom. The molecule has 0 spiro atoms. The summed E-state index contributed by atoms with van der Waals surface area (Å²) >= 11 is 0. The van der Waals surface area contributed by atoms with Gasteiger partial charge < -0.3 is 10.6 Å². The van der Waals surface area contributed by atoms with E-state index in [0.717, 1.165) is 13.0 Å². The van der Waals surface area contributed by atoms with E-state index in [9.17, 15) is 4.79 Å². The van der Waals surface area contributed by atoms with Crippen molar-refractivity contribution in [2.45, 2.75) is 25.4 Å². The van der Waals surface area contributed by atoms with Crippen molar-refractivity contribution in [2.24, 2.45) is 5.73 Å². The number of nitrogens with zero attached hydrogens (tertiary/aromatic N) is 2. The van der Waals surface area contributed by atoms with Crippen LogP contribution in [0.3, 0.4) is 0 Å². The second-order valence-electron chi connectivity index (χ2n) is 3.82. The molecule has 1 aliphatic rings. The van der Waals surface area contributed by atoms with Crippen LogP contribution in [0.4, 0.5) is 0 Å². The first-order valence-corrected chi connectivity index (χ1v) is 4.75. The third-order valence-electron chi connectivity index (χ3n) is 2.95. The summed E-state index contributed by atoms with van der Waals surface area (Å²) in [6.07, 6.45) is 1.02. The zero-order valence-corrected chi connectivity index (χ0v) is 8.66. The molecule has 0 aromatic carbocycles. The molecule has 0 saturated carbocycles. The molecule has 2 N–H and O–H groups in total. The van der Waals surface area contributed by atoms with Crippen LogP contribution in [0.2, 0.25) is 0 Å². The molecule has 2 unspecified atom stereocenters. The summed E-state index contributed by atoms with van der Waals surface area (Å²) in [4.78, 5) is 15.7. The lowest BCUT2D eigenvalue weighted by molar-refractivity contribution is -0.134. The van der Waals surface area contributed by atoms with Gasteiger partial charge >= 0.3 is 0 Å². The Labute approximate surface area is 79.7 Å². The molecule has 4 heteroatoms. The highest BCUT2D eigenvalue weighted by molar-refractivity contribution is 5.82. The first-order valence-electron chi connectivity index (χ1n) is 4.75. The molecule has 2 atom stereocenters. The Balaban J connectivity index is 2.78. The SMILES string of the molecule is CC1CCN(C)C(CN)C(=O)N1C. The van der Waals surface area contributed by atoms with Crippen molar-refractivity contribution in [1.29, 1.82) is 0 Å². The average molecular weight is 185 g/mol. The molecule has 13 heavy (non-hydrogen) atoms. The van der Waals surface area contributed by atoms with Crippen molar-refractivity contribution in [3.63, 3.8) is 0 Å². The molecule has 0 aromatic heterocycles. The van der Waals surface area contributed by atoms with Crippen molar-refractivity contribution >= 4 is 5.91 Å². The minimum Gasteiger partial charge on any atom is -0.342 e. The molecule has 1 fully saturated rings. The highest BCUT2D eigenvalue weighted by atomic mass is 16.2. The number of carbonyl (C=O) groups excluding carboxylic acids is 1. The fourth-order valence-corrected chi connectivity index (χ4v) is 1.66. The van der Waals surface area contributed by atoms with Gasteiger partial charge in [0, 0.05) is 26.2 Å². The molecule has 1 heterocycles. The number of carbonyl (C=O) groups is 1. The molecular formula is C9H19N3O. The number of hydrogen-bond acceptors (Lipinski definition) is 3. The molecule has 0 aliphatic carbocycles. The third-order valence-corrected chi connectivity index (χ3v) is 2.95. The maximum Gasteiger partial charge on any atom is 0.241 e. The van der Waals surface area contributed by atoms with Crippen LogP contribution in [0.1, 0.15) is 13.3 Å². The predicted octanol–water partition coefficient (Wildman–Crippen LogP) is -0.504. The number of likely N-dealkylation sites (N-methyl/N-ethyl adjacent to an activating group) is 2. The maximum atomic E-state index is 11.8. The molecule has 1 amide bonds. The van der Waals surface area contributed by atoms with Crippen molar-refractivity contribution in [3.8, 4) is 0 Å². The van der Waals surface area contributed by atoms with E-state index in [1.54, 1.807) is 4.90 Å². The Bertz CT molecular complexity index is 195. The van der Waals surface area contributed by atoms with Crippen molar-refractivity contribution in [3.05, 3.63) is 0 Å². The standard InChI is InChI=1S/C9H19N3O/c1-7-4-5-11(2)8(6-10)9(13)12(7)3/h7-8H,4-6,10H2,1-3H3. The van der Waals surface area contributed by atoms with E-state index in [-0.39, 0.29) is 11.9 Å². The minimum absolute atomic E-state index is 0.130. The first kappa shape index (κ1) is 10.5. The average Bonchev–Trinajstić information content (AvgIpc) is 2.20. The zero-order valence-electron chi connectivity index (χ0n) is 8.66. The van der Waals surface area contributed by atoms with Crippen LogP contribution < -0.4 is 5.73 Å². The zero-order chi connectivity index (χ0) is 10.0. The summed E-state index contributed by atoms with van der Waals surface area (Å²) in [5.74, 6) is 0.148. The fraction of sp³-hybridized carbons (Fsp3) is 0.889. The number of amides is 1. The number of nitrogens with two attached hydrogens (primary N) is 1. The van der Waals surface area contributed by atoms with Gasteiger partial charge in [-0.15, -0.1) is 0 Å². The first-order chi connectivity index (χ1) is 6.07. The molecule has 1 saturated heterocycles. The summed E-state index contributed by atoms with van der Waals surface area (Å²) in [6, 6.07) is 0.196. The van der Waals surface area contributed by atoms with Gasteiger partial charge in [-0.3, -0.25) is 9.69 Å². The topological polar surface area (TPSA) is 49.6 Å². The summed E-state index contributed by atoms with van der Waals surface area (Å²) in [7, 11) is 3.82. The Kier molecular flexibility index (Phi) is 3.27. The van der Waals surface area contributed by atoms with Gasteiger partial charge in [-0.05, 0) is 20.4 Å². The molecular weight excluding hydrogens is 166 g/mol. The summed E-state index contributed by atoms with van der Waals surface area (Å²) in [5, 5.41) is 0. The molecule has 0 radical (unpaired) electrons. The van der Waals surface area contributed by atoms with Crippen LogP contribution in [-0.4, -0.2) is 55.0 Å². The van der Waals surface area contributed by atoms with Gasteiger partial charge in [0.15, 0.2) is 0 Å². The fourth-order valence-electron chi connectivity index (χ4n) is 1.66. The van der Waals surface area contributed by atoms with E-state index in [4.69, 9.17) is 5.73 Å². The minimum atomic E-state index is -0.130. The van der Waals surface area contributed by atoms with E-state index in [1.165, 1.54) is 0 Å². The quantitative estimate of drug-likeness (QED) is 0.599. The van der Waals surface area contributed by atoms with E-state index >= 15 is 0 Å². The predicted molar refractivity (Wildman–Crippen MR) is 52.3 cm³/mol. The van der Waals surface area contributed by atoms with Crippen LogP contribution in [0.25, 0.3) is 0 Å². The Hall–Kier alpha value is -0.610. The molecule has 0 bridgehead atoms. The van der Waals surface area contributed by atoms with Gasteiger partial charge in [0.05, 0.1) is 0 Å². The van der Waals surface area contributed by atoms with Crippen LogP contribution in [0.5, 0.6) is 0 Å². The van der Waals surface area contributed by atoms with E-state index in [2.05, 4.69) is 6.92 Å². The second-order valence-corrected chi connectivity index (χ2v) is 3.82. The van der Waals surface area contributed by atoms with Crippen LogP contribution >= 0.6 is 0 Å². The summed E-state index contributed by atoms with van der Waals surface area (Å²) < 4.78 is 0. The largest absolute Gasteiger partial charge is 0.342 e. The highest BCUT2D eigenvalue weighted by Gasteiger charge is 2.30. The van der Waals surface area contributed by atoms with Gasteiger partial charge in [-0.25, -0.2) is 0 Å². The monoisotopic (exact) mass is 185 g/mol. The third kappa shape index (κ3) is 2.00. The van der Waals surface area contributed by atoms with Gasteiger partial charge in [0.1, 0.15) is 6.04 Å². The summed E-state index contributed by atoms with van der Waals surface area (Å²) in [5.41, 5.74) is 5.57. The van der Waals surface area contributed by atoms with Gasteiger partial charge in [0.2, 0.25) is 5.91 Å². The van der Waals surface area contributed by atoms with E-state index < -0.39 is 0 Å². The normalized spacial score (nSPS) is 32.0. The Morgan fingerprint density at radius 3 is 2.69 bits per heavy atom. The smallest absolute Gasteiger partial charge is 0.241 e. The van der Waals surface area contributed by atoms with Gasteiger partial charge in [-0.1, -0.05) is 0 Å². The lowest BCUT2D eigenvalue weighted by Crippen LogP contribution is -2.48. The van der Waals surface area contributed by atoms with Crippen LogP contribution in [0, 0.1) is 0 Å². The lowest BCUT2D eigenvalue weighted by atomic mass is 10.2. The van der Waals surface area contributed by atoms with Crippen molar-refractivity contribution in [2.75, 3.05) is 27.2 Å². The highest BCUT2D eigenvalue weighted by Crippen LogP contribution is 2.12. The number of hydrogen-bond donors (Lipinski definition) is 1. The van der Waals surface area contributed by atoms with E-state index in [1.807, 2.05) is 19.0 Å². The van der Waals surface area contributed by atoms with Crippen molar-refractivity contribution in [1.82, 2.24) is 9.80 Å². The van der Waals surface area contributed by atoms with Crippen molar-refractivity contribution < 1.29 is 4.79 Å². The van der Waals surface area contributed by atoms with E-state index in [0.29, 0.717) is 12.6 Å². The lowest BCUT2D eigenvalue weighted by Gasteiger charge is -2.26. The van der Waals surface area contributed by atoms with Crippen LogP contribution in [-0.2, 0) is 4.79 Å². The van der Waals surface area contributed by atoms with Crippen LogP contribution in [0.15, 0.2) is 0 Å². The molecule has 1 rings (SSSR count). The van der Waals surface area contributed by atoms with Gasteiger partial charge in [0.25, 0.3) is 0 Å². The number of rotatable bonds is 1. The molecule has 76 valence electrons. The molecule has 4 nitrogen and oxygen atoms in total. The molecule has 0 aromatic rings. The maximum absolute atomic E-state index is 11.8. The second kappa shape index (κ2) is 4.07. The molecule has 1 aliphatic heterocycles.